The van der Waals surface area contributed by atoms with Crippen LogP contribution < -0.4 is 0 Å². The van der Waals surface area contributed by atoms with Gasteiger partial charge in [0, 0.05) is 30.9 Å². The number of imidazole rings is 1. The van der Waals surface area contributed by atoms with Gasteiger partial charge in [-0.25, -0.2) is 17.8 Å². The summed E-state index contributed by atoms with van der Waals surface area (Å²) in [6, 6.07) is 5.15. The average molecular weight is 323 g/mol. The summed E-state index contributed by atoms with van der Waals surface area (Å²) in [5, 5.41) is 0. The number of nitrogens with one attached hydrogen (secondary N) is 1. The van der Waals surface area contributed by atoms with Crippen LogP contribution in [0, 0.1) is 12.7 Å². The third-order valence-corrected chi connectivity index (χ3v) is 5.79. The number of benzene rings is 1. The molecule has 0 saturated carbocycles. The van der Waals surface area contributed by atoms with Crippen LogP contribution in [-0.2, 0) is 10.0 Å². The molecule has 1 aromatic carbocycles. The number of aromatic nitrogens is 2. The number of rotatable bonds is 3. The van der Waals surface area contributed by atoms with Gasteiger partial charge in [-0.2, -0.15) is 4.31 Å². The Bertz CT molecular complexity index is 773. The molecule has 1 aliphatic rings. The van der Waals surface area contributed by atoms with E-state index in [1.807, 2.05) is 6.92 Å². The van der Waals surface area contributed by atoms with Crippen LogP contribution in [0.4, 0.5) is 4.39 Å². The van der Waals surface area contributed by atoms with Crippen molar-refractivity contribution in [1.29, 1.82) is 0 Å². The highest BCUT2D eigenvalue weighted by Crippen LogP contribution is 2.29. The lowest BCUT2D eigenvalue weighted by Crippen LogP contribution is -2.39. The first-order chi connectivity index (χ1) is 10.5. The fourth-order valence-corrected chi connectivity index (χ4v) is 4.36. The minimum Gasteiger partial charge on any atom is -0.346 e. The molecule has 118 valence electrons. The van der Waals surface area contributed by atoms with Crippen molar-refractivity contribution in [2.45, 2.75) is 30.6 Å². The molecular weight excluding hydrogens is 305 g/mol. The number of aromatic amines is 1. The lowest BCUT2D eigenvalue weighted by atomic mass is 9.99. The molecule has 0 bridgehead atoms. The van der Waals surface area contributed by atoms with E-state index in [9.17, 15) is 12.8 Å². The first-order valence-electron chi connectivity index (χ1n) is 7.24. The van der Waals surface area contributed by atoms with Crippen molar-refractivity contribution in [3.63, 3.8) is 0 Å². The summed E-state index contributed by atoms with van der Waals surface area (Å²) in [4.78, 5) is 7.48. The zero-order chi connectivity index (χ0) is 15.7. The van der Waals surface area contributed by atoms with Gasteiger partial charge >= 0.3 is 0 Å². The Labute approximate surface area is 129 Å². The van der Waals surface area contributed by atoms with E-state index in [0.29, 0.717) is 13.1 Å². The molecule has 1 aromatic heterocycles. The summed E-state index contributed by atoms with van der Waals surface area (Å²) in [7, 11) is -3.67. The van der Waals surface area contributed by atoms with Gasteiger partial charge in [-0.1, -0.05) is 6.07 Å². The van der Waals surface area contributed by atoms with Crippen LogP contribution >= 0.6 is 0 Å². The molecule has 1 aliphatic heterocycles. The summed E-state index contributed by atoms with van der Waals surface area (Å²) < 4.78 is 40.0. The topological polar surface area (TPSA) is 66.1 Å². The lowest BCUT2D eigenvalue weighted by Gasteiger charge is -2.31. The van der Waals surface area contributed by atoms with Crippen molar-refractivity contribution in [2.75, 3.05) is 13.1 Å². The van der Waals surface area contributed by atoms with Crippen LogP contribution in [-0.4, -0.2) is 35.8 Å². The van der Waals surface area contributed by atoms with Crippen molar-refractivity contribution in [3.8, 4) is 0 Å². The number of halogens is 1. The number of aryl methyl sites for hydroxylation is 1. The number of sulfonamides is 1. The Morgan fingerprint density at radius 1 is 1.41 bits per heavy atom. The maximum Gasteiger partial charge on any atom is 0.243 e. The molecule has 1 atom stereocenters. The van der Waals surface area contributed by atoms with Gasteiger partial charge in [0.1, 0.15) is 11.6 Å². The summed E-state index contributed by atoms with van der Waals surface area (Å²) in [6.07, 6.45) is 3.40. The maximum absolute atomic E-state index is 13.3. The molecule has 2 heterocycles. The lowest BCUT2D eigenvalue weighted by molar-refractivity contribution is 0.310. The predicted molar refractivity (Wildman–Crippen MR) is 80.5 cm³/mol. The van der Waals surface area contributed by atoms with Crippen LogP contribution in [0.1, 0.15) is 30.3 Å². The summed E-state index contributed by atoms with van der Waals surface area (Å²) in [5.74, 6) is 0.318. The number of piperidine rings is 1. The van der Waals surface area contributed by atoms with Crippen molar-refractivity contribution in [3.05, 3.63) is 47.8 Å². The molecule has 1 N–H and O–H groups in total. The number of nitrogens with zero attached hydrogens (tertiary/aromatic N) is 2. The summed E-state index contributed by atoms with van der Waals surface area (Å²) in [5.41, 5.74) is 0.958. The first-order valence-corrected chi connectivity index (χ1v) is 8.68. The van der Waals surface area contributed by atoms with Gasteiger partial charge < -0.3 is 4.98 Å². The first kappa shape index (κ1) is 15.2. The molecule has 0 amide bonds. The SMILES string of the molecule is Cc1cnc([C@@H]2CCCN(S(=O)(=O)c3cccc(F)c3)C2)[nH]1. The van der Waals surface area contributed by atoms with Crippen molar-refractivity contribution >= 4 is 10.0 Å². The van der Waals surface area contributed by atoms with Crippen LogP contribution in [0.15, 0.2) is 35.4 Å². The van der Waals surface area contributed by atoms with E-state index >= 15 is 0 Å². The third-order valence-electron chi connectivity index (χ3n) is 3.93. The van der Waals surface area contributed by atoms with Gasteiger partial charge in [-0.05, 0) is 38.0 Å². The van der Waals surface area contributed by atoms with Crippen LogP contribution in [0.5, 0.6) is 0 Å². The highest BCUT2D eigenvalue weighted by atomic mass is 32.2. The van der Waals surface area contributed by atoms with Gasteiger partial charge in [0.05, 0.1) is 4.90 Å². The number of hydrogen-bond donors (Lipinski definition) is 1. The molecular formula is C15H18FN3O2S. The van der Waals surface area contributed by atoms with Crippen LogP contribution in [0.2, 0.25) is 0 Å². The van der Waals surface area contributed by atoms with E-state index < -0.39 is 15.8 Å². The quantitative estimate of drug-likeness (QED) is 0.943. The molecule has 7 heteroatoms. The van der Waals surface area contributed by atoms with Gasteiger partial charge in [0.15, 0.2) is 0 Å². The van der Waals surface area contributed by atoms with Crippen molar-refractivity contribution < 1.29 is 12.8 Å². The second-order valence-corrected chi connectivity index (χ2v) is 7.55. The number of H-pyrrole nitrogens is 1. The van der Waals surface area contributed by atoms with Gasteiger partial charge in [-0.15, -0.1) is 0 Å². The molecule has 0 spiro atoms. The summed E-state index contributed by atoms with van der Waals surface area (Å²) in [6.45, 7) is 2.74. The van der Waals surface area contributed by atoms with Gasteiger partial charge in [-0.3, -0.25) is 0 Å². The zero-order valence-electron chi connectivity index (χ0n) is 12.3. The molecule has 5 nitrogen and oxygen atoms in total. The smallest absolute Gasteiger partial charge is 0.243 e. The second kappa shape index (κ2) is 5.81. The Hall–Kier alpha value is -1.73. The highest BCUT2D eigenvalue weighted by molar-refractivity contribution is 7.89. The molecule has 1 fully saturated rings. The third kappa shape index (κ3) is 2.91. The molecule has 2 aromatic rings. The minimum atomic E-state index is -3.67. The van der Waals surface area contributed by atoms with E-state index in [1.54, 1.807) is 6.20 Å². The Morgan fingerprint density at radius 3 is 2.91 bits per heavy atom. The molecule has 0 radical (unpaired) electrons. The minimum absolute atomic E-state index is 0.00350. The largest absolute Gasteiger partial charge is 0.346 e. The zero-order valence-corrected chi connectivity index (χ0v) is 13.1. The molecule has 1 saturated heterocycles. The van der Waals surface area contributed by atoms with Crippen LogP contribution in [0.25, 0.3) is 0 Å². The monoisotopic (exact) mass is 323 g/mol. The van der Waals surface area contributed by atoms with E-state index in [2.05, 4.69) is 9.97 Å². The van der Waals surface area contributed by atoms with Crippen molar-refractivity contribution in [2.24, 2.45) is 0 Å². The van der Waals surface area contributed by atoms with Gasteiger partial charge in [0.25, 0.3) is 0 Å². The maximum atomic E-state index is 13.3. The van der Waals surface area contributed by atoms with Gasteiger partial charge in [0.2, 0.25) is 10.0 Å². The van der Waals surface area contributed by atoms with E-state index in [1.165, 1.54) is 22.5 Å². The molecule has 0 aliphatic carbocycles. The number of hydrogen-bond acceptors (Lipinski definition) is 3. The van der Waals surface area contributed by atoms with E-state index in [4.69, 9.17) is 0 Å². The molecule has 0 unspecified atom stereocenters. The van der Waals surface area contributed by atoms with Crippen molar-refractivity contribution in [1.82, 2.24) is 14.3 Å². The van der Waals surface area contributed by atoms with Crippen LogP contribution in [0.3, 0.4) is 0 Å². The Balaban J connectivity index is 1.85. The highest BCUT2D eigenvalue weighted by Gasteiger charge is 2.32. The normalized spacial score (nSPS) is 20.2. The Kier molecular flexibility index (Phi) is 4.01. The molecule has 22 heavy (non-hydrogen) atoms. The standard InChI is InChI=1S/C15H18FN3O2S/c1-11-9-17-15(18-11)12-4-3-7-19(10-12)22(20,21)14-6-2-5-13(16)8-14/h2,5-6,8-9,12H,3-4,7,10H2,1H3,(H,17,18)/t12-/m1/s1. The summed E-state index contributed by atoms with van der Waals surface area (Å²) >= 11 is 0. The van der Waals surface area contributed by atoms with E-state index in [0.717, 1.165) is 30.4 Å². The fourth-order valence-electron chi connectivity index (χ4n) is 2.80. The van der Waals surface area contributed by atoms with E-state index in [-0.39, 0.29) is 10.8 Å². The predicted octanol–water partition coefficient (Wildman–Crippen LogP) is 2.43. The average Bonchev–Trinajstić information content (AvgIpc) is 2.94. The Morgan fingerprint density at radius 2 is 2.23 bits per heavy atom. The second-order valence-electron chi connectivity index (χ2n) is 5.61. The molecule has 3 rings (SSSR count). The fraction of sp³-hybridized carbons (Fsp3) is 0.400.